The van der Waals surface area contributed by atoms with Gasteiger partial charge in [0.1, 0.15) is 6.61 Å². The molecule has 2 unspecified atom stereocenters. The number of aliphatic hydroxyl groups excluding tert-OH is 2. The molecule has 0 bridgehead atoms. The van der Waals surface area contributed by atoms with Crippen LogP contribution >= 0.6 is 7.82 Å². The van der Waals surface area contributed by atoms with Crippen LogP contribution in [0.25, 0.3) is 0 Å². The molecule has 0 aliphatic rings. The van der Waals surface area contributed by atoms with Crippen molar-refractivity contribution in [1.82, 2.24) is 0 Å². The summed E-state index contributed by atoms with van der Waals surface area (Å²) in [6.45, 7) is 1.54. The lowest BCUT2D eigenvalue weighted by Gasteiger charge is -2.25. The van der Waals surface area contributed by atoms with E-state index in [4.69, 9.17) is 24.3 Å². The molecule has 0 amide bonds. The Balaban J connectivity index is 4.47. The molecule has 5 N–H and O–H groups in total. The molecule has 0 rings (SSSR count). The van der Waals surface area contributed by atoms with E-state index in [9.17, 15) is 29.3 Å². The monoisotopic (exact) mass is 804 g/mol. The first-order chi connectivity index (χ1) is 26.6. The van der Waals surface area contributed by atoms with Gasteiger partial charge in [0.2, 0.25) is 0 Å². The molecule has 0 radical (unpaired) electrons. The number of ether oxygens (including phenoxy) is 2. The summed E-state index contributed by atoms with van der Waals surface area (Å²) in [6.07, 6.45) is 38.2. The number of carbonyl (C=O) groups is 2. The highest BCUT2D eigenvalue weighted by Crippen LogP contribution is 2.44. The van der Waals surface area contributed by atoms with Crippen LogP contribution in [-0.2, 0) is 32.7 Å². The average Bonchev–Trinajstić information content (AvgIpc) is 3.18. The molecule has 55 heavy (non-hydrogen) atoms. The number of allylic oxidation sites excluding steroid dienone is 4. The largest absolute Gasteiger partial charge is 0.472 e. The molecular weight excluding hydrogens is 721 g/mol. The lowest BCUT2D eigenvalue weighted by molar-refractivity contribution is -0.161. The van der Waals surface area contributed by atoms with Gasteiger partial charge >= 0.3 is 19.8 Å². The molecule has 0 saturated heterocycles. The minimum absolute atomic E-state index is 0.160. The number of esters is 2. The fraction of sp³-hybridized carbons (Fsp3) is 0.860. The highest BCUT2D eigenvalue weighted by atomic mass is 31.2. The van der Waals surface area contributed by atoms with Gasteiger partial charge < -0.3 is 30.3 Å². The van der Waals surface area contributed by atoms with E-state index in [1.54, 1.807) is 0 Å². The summed E-state index contributed by atoms with van der Waals surface area (Å²) < 4.78 is 33.2. The Labute approximate surface area is 335 Å². The van der Waals surface area contributed by atoms with Gasteiger partial charge in [0.15, 0.2) is 6.10 Å². The van der Waals surface area contributed by atoms with E-state index < -0.39 is 57.8 Å². The first-order valence-corrected chi connectivity index (χ1v) is 23.4. The lowest BCUT2D eigenvalue weighted by atomic mass is 10.1. The van der Waals surface area contributed by atoms with Crippen LogP contribution in [0.2, 0.25) is 0 Å². The van der Waals surface area contributed by atoms with Gasteiger partial charge in [-0.15, -0.1) is 0 Å². The summed E-state index contributed by atoms with van der Waals surface area (Å²) in [7, 11) is -4.70. The predicted octanol–water partition coefficient (Wildman–Crippen LogP) is 10.3. The Kier molecular flexibility index (Phi) is 36.9. The van der Waals surface area contributed by atoms with Gasteiger partial charge in [-0.3, -0.25) is 18.6 Å². The SMILES string of the molecule is CCCCCCCCC=CCCCCCCCC(=O)OCC(COP(=O)(O)OCC(N)(CO)CO)OC(=O)CCCCCCCC=CCCCCCCCC. The van der Waals surface area contributed by atoms with Crippen LogP contribution in [0.1, 0.15) is 194 Å². The number of hydrogen-bond donors (Lipinski definition) is 4. The minimum atomic E-state index is -4.70. The summed E-state index contributed by atoms with van der Waals surface area (Å²) in [4.78, 5) is 35.2. The Bertz CT molecular complexity index is 1000. The molecular formula is C43H82NO10P. The van der Waals surface area contributed by atoms with Gasteiger partial charge in [-0.1, -0.05) is 141 Å². The van der Waals surface area contributed by atoms with Crippen LogP contribution in [0.15, 0.2) is 24.3 Å². The highest BCUT2D eigenvalue weighted by Gasteiger charge is 2.31. The van der Waals surface area contributed by atoms with E-state index in [0.29, 0.717) is 12.8 Å². The maximum atomic E-state index is 12.7. The van der Waals surface area contributed by atoms with E-state index in [1.807, 2.05) is 0 Å². The Morgan fingerprint density at radius 3 is 1.38 bits per heavy atom. The second-order valence-corrected chi connectivity index (χ2v) is 16.6. The predicted molar refractivity (Wildman–Crippen MR) is 223 cm³/mol. The number of nitrogens with two attached hydrogens (primary N) is 1. The quantitative estimate of drug-likeness (QED) is 0.0200. The molecule has 0 aromatic carbocycles. The smallest absolute Gasteiger partial charge is 0.462 e. The molecule has 0 aliphatic heterocycles. The summed E-state index contributed by atoms with van der Waals surface area (Å²) in [6, 6.07) is 0. The van der Waals surface area contributed by atoms with Crippen molar-refractivity contribution in [3.8, 4) is 0 Å². The van der Waals surface area contributed by atoms with E-state index in [0.717, 1.165) is 77.0 Å². The number of rotatable bonds is 41. The Hall–Kier alpha value is -1.59. The van der Waals surface area contributed by atoms with Crippen molar-refractivity contribution in [2.24, 2.45) is 5.73 Å². The van der Waals surface area contributed by atoms with E-state index in [-0.39, 0.29) is 19.4 Å². The van der Waals surface area contributed by atoms with Gasteiger partial charge in [0, 0.05) is 12.8 Å². The zero-order chi connectivity index (χ0) is 40.7. The van der Waals surface area contributed by atoms with Crippen molar-refractivity contribution in [2.45, 2.75) is 205 Å². The van der Waals surface area contributed by atoms with Crippen molar-refractivity contribution in [2.75, 3.05) is 33.0 Å². The second-order valence-electron chi connectivity index (χ2n) is 15.2. The van der Waals surface area contributed by atoms with Crippen LogP contribution in [-0.4, -0.2) is 71.7 Å². The normalized spacial score (nSPS) is 13.8. The Morgan fingerprint density at radius 2 is 0.964 bits per heavy atom. The molecule has 0 aromatic rings. The van der Waals surface area contributed by atoms with E-state index in [2.05, 4.69) is 38.2 Å². The molecule has 2 atom stereocenters. The zero-order valence-electron chi connectivity index (χ0n) is 34.9. The Morgan fingerprint density at radius 1 is 0.582 bits per heavy atom. The van der Waals surface area contributed by atoms with Crippen LogP contribution in [0.5, 0.6) is 0 Å². The maximum Gasteiger partial charge on any atom is 0.472 e. The number of hydrogen-bond acceptors (Lipinski definition) is 10. The van der Waals surface area contributed by atoms with Crippen LogP contribution in [0.4, 0.5) is 0 Å². The van der Waals surface area contributed by atoms with E-state index in [1.165, 1.54) is 77.0 Å². The van der Waals surface area contributed by atoms with E-state index >= 15 is 0 Å². The number of carbonyl (C=O) groups excluding carboxylic acids is 2. The molecule has 0 aromatic heterocycles. The molecule has 0 fully saturated rings. The van der Waals surface area contributed by atoms with Crippen LogP contribution in [0.3, 0.4) is 0 Å². The van der Waals surface area contributed by atoms with Crippen molar-refractivity contribution in [3.63, 3.8) is 0 Å². The molecule has 0 spiro atoms. The summed E-state index contributed by atoms with van der Waals surface area (Å²) >= 11 is 0. The number of unbranched alkanes of at least 4 members (excludes halogenated alkanes) is 22. The average molecular weight is 804 g/mol. The molecule has 11 nitrogen and oxygen atoms in total. The zero-order valence-corrected chi connectivity index (χ0v) is 35.8. The van der Waals surface area contributed by atoms with Gasteiger partial charge in [-0.05, 0) is 64.2 Å². The molecule has 0 saturated carbocycles. The number of aliphatic hydroxyl groups is 2. The minimum Gasteiger partial charge on any atom is -0.462 e. The third-order valence-corrected chi connectivity index (χ3v) is 10.5. The van der Waals surface area contributed by atoms with Gasteiger partial charge in [0.05, 0.1) is 32.0 Å². The third kappa shape index (κ3) is 36.5. The van der Waals surface area contributed by atoms with Crippen molar-refractivity contribution >= 4 is 19.8 Å². The lowest BCUT2D eigenvalue weighted by Crippen LogP contribution is -2.51. The highest BCUT2D eigenvalue weighted by molar-refractivity contribution is 7.47. The van der Waals surface area contributed by atoms with Crippen LogP contribution in [0, 0.1) is 0 Å². The summed E-state index contributed by atoms with van der Waals surface area (Å²) in [5, 5.41) is 18.6. The summed E-state index contributed by atoms with van der Waals surface area (Å²) in [5.41, 5.74) is 4.06. The maximum absolute atomic E-state index is 12.7. The van der Waals surface area contributed by atoms with Gasteiger partial charge in [0.25, 0.3) is 0 Å². The van der Waals surface area contributed by atoms with Crippen molar-refractivity contribution in [3.05, 3.63) is 24.3 Å². The van der Waals surface area contributed by atoms with Crippen LogP contribution < -0.4 is 5.73 Å². The standard InChI is InChI=1S/C43H82NO10P/c1-3-5-7-9-11-13-15-17-19-21-23-25-27-29-31-33-41(47)51-35-40(36-52-55(49,50)53-39-43(44,37-45)38-46)54-42(48)34-32-30-28-26-24-22-20-18-16-14-12-10-8-6-4-2/h17-20,40,45-46H,3-16,21-39,44H2,1-2H3,(H,49,50). The molecule has 0 heterocycles. The third-order valence-electron chi connectivity index (χ3n) is 9.58. The van der Waals surface area contributed by atoms with Crippen molar-refractivity contribution < 1.29 is 47.8 Å². The number of phosphoric ester groups is 1. The van der Waals surface area contributed by atoms with Crippen molar-refractivity contribution in [1.29, 1.82) is 0 Å². The topological polar surface area (TPSA) is 175 Å². The fourth-order valence-electron chi connectivity index (χ4n) is 5.87. The molecule has 0 aliphatic carbocycles. The van der Waals surface area contributed by atoms with Gasteiger partial charge in [-0.2, -0.15) is 0 Å². The fourth-order valence-corrected chi connectivity index (χ4v) is 6.71. The van der Waals surface area contributed by atoms with Gasteiger partial charge in [-0.25, -0.2) is 4.57 Å². The summed E-state index contributed by atoms with van der Waals surface area (Å²) in [5.74, 6) is -0.965. The molecule has 12 heteroatoms. The second kappa shape index (κ2) is 38.0. The first-order valence-electron chi connectivity index (χ1n) is 21.9. The number of phosphoric acid groups is 1. The first kappa shape index (κ1) is 53.4. The molecule has 324 valence electrons.